The van der Waals surface area contributed by atoms with Crippen LogP contribution in [-0.2, 0) is 17.3 Å². The largest absolute Gasteiger partial charge is 0.365 e. The molecule has 0 radical (unpaired) electrons. The van der Waals surface area contributed by atoms with Crippen LogP contribution in [0.1, 0.15) is 11.1 Å². The standard InChI is InChI=1S/C16H15N3O3S/c1-18(11-12-3-6-14(7-4-12)23(2)22)15-8-5-13(10-17)9-16(15)19(20)21/h3-9H,11H2,1-2H3/t23-/m0/s1. The number of rotatable bonds is 5. The van der Waals surface area contributed by atoms with E-state index in [1.54, 1.807) is 42.5 Å². The van der Waals surface area contributed by atoms with Gasteiger partial charge in [-0.15, -0.1) is 0 Å². The molecule has 0 aliphatic heterocycles. The second-order valence-corrected chi connectivity index (χ2v) is 6.41. The molecule has 2 aromatic carbocycles. The predicted octanol–water partition coefficient (Wildman–Crippen LogP) is 2.84. The van der Waals surface area contributed by atoms with Crippen molar-refractivity contribution in [2.24, 2.45) is 0 Å². The Morgan fingerprint density at radius 3 is 2.43 bits per heavy atom. The van der Waals surface area contributed by atoms with Crippen LogP contribution < -0.4 is 4.90 Å². The quantitative estimate of drug-likeness (QED) is 0.622. The fourth-order valence-electron chi connectivity index (χ4n) is 2.21. The molecule has 6 nitrogen and oxygen atoms in total. The van der Waals surface area contributed by atoms with E-state index in [1.807, 2.05) is 18.2 Å². The van der Waals surface area contributed by atoms with Gasteiger partial charge in [-0.25, -0.2) is 0 Å². The number of hydrogen-bond donors (Lipinski definition) is 0. The van der Waals surface area contributed by atoms with Gasteiger partial charge in [0.15, 0.2) is 0 Å². The molecule has 7 heteroatoms. The summed E-state index contributed by atoms with van der Waals surface area (Å²) in [5.74, 6) is 0. The fourth-order valence-corrected chi connectivity index (χ4v) is 2.73. The van der Waals surface area contributed by atoms with Crippen LogP contribution >= 0.6 is 0 Å². The van der Waals surface area contributed by atoms with Crippen LogP contribution in [0.2, 0.25) is 0 Å². The zero-order chi connectivity index (χ0) is 17.0. The van der Waals surface area contributed by atoms with Crippen LogP contribution in [0.15, 0.2) is 47.4 Å². The van der Waals surface area contributed by atoms with Crippen LogP contribution in [0.3, 0.4) is 0 Å². The first-order valence-corrected chi connectivity index (χ1v) is 8.30. The van der Waals surface area contributed by atoms with E-state index < -0.39 is 15.7 Å². The van der Waals surface area contributed by atoms with Gasteiger partial charge in [-0.3, -0.25) is 14.3 Å². The molecule has 23 heavy (non-hydrogen) atoms. The summed E-state index contributed by atoms with van der Waals surface area (Å²) in [6, 6.07) is 13.6. The van der Waals surface area contributed by atoms with Gasteiger partial charge in [-0.1, -0.05) is 12.1 Å². The molecule has 2 rings (SSSR count). The van der Waals surface area contributed by atoms with Crippen molar-refractivity contribution in [2.75, 3.05) is 18.2 Å². The first-order valence-electron chi connectivity index (χ1n) is 6.74. The van der Waals surface area contributed by atoms with Gasteiger partial charge in [0.25, 0.3) is 5.69 Å². The molecule has 0 fully saturated rings. The molecule has 0 aromatic heterocycles. The number of nitrogens with zero attached hydrogens (tertiary/aromatic N) is 3. The third-order valence-corrected chi connectivity index (χ3v) is 4.32. The highest BCUT2D eigenvalue weighted by Gasteiger charge is 2.18. The van der Waals surface area contributed by atoms with Gasteiger partial charge in [0.1, 0.15) is 5.69 Å². The summed E-state index contributed by atoms with van der Waals surface area (Å²) in [4.78, 5) is 13.2. The number of anilines is 1. The Hall–Kier alpha value is -2.72. The monoisotopic (exact) mass is 329 g/mol. The molecule has 0 unspecified atom stereocenters. The van der Waals surface area contributed by atoms with Crippen molar-refractivity contribution >= 4 is 22.2 Å². The highest BCUT2D eigenvalue weighted by atomic mass is 32.2. The maximum absolute atomic E-state index is 11.4. The van der Waals surface area contributed by atoms with Gasteiger partial charge in [-0.2, -0.15) is 5.26 Å². The van der Waals surface area contributed by atoms with Crippen LogP contribution in [-0.4, -0.2) is 22.4 Å². The van der Waals surface area contributed by atoms with E-state index in [9.17, 15) is 14.3 Å². The highest BCUT2D eigenvalue weighted by molar-refractivity contribution is 7.84. The maximum Gasteiger partial charge on any atom is 0.293 e. The number of benzene rings is 2. The molecule has 0 aliphatic carbocycles. The Bertz CT molecular complexity index is 797. The molecule has 1 atom stereocenters. The predicted molar refractivity (Wildman–Crippen MR) is 88.7 cm³/mol. The van der Waals surface area contributed by atoms with Crippen molar-refractivity contribution < 1.29 is 9.13 Å². The number of nitriles is 1. The topological polar surface area (TPSA) is 87.2 Å². The van der Waals surface area contributed by atoms with Gasteiger partial charge in [-0.05, 0) is 29.8 Å². The first-order chi connectivity index (χ1) is 10.9. The summed E-state index contributed by atoms with van der Waals surface area (Å²) in [5.41, 5.74) is 1.54. The summed E-state index contributed by atoms with van der Waals surface area (Å²) in [7, 11) is 0.717. The van der Waals surface area contributed by atoms with E-state index in [-0.39, 0.29) is 11.3 Å². The minimum absolute atomic E-state index is 0.0992. The smallest absolute Gasteiger partial charge is 0.293 e. The van der Waals surface area contributed by atoms with Crippen LogP contribution in [0.4, 0.5) is 11.4 Å². The molecular weight excluding hydrogens is 314 g/mol. The van der Waals surface area contributed by atoms with Gasteiger partial charge in [0.2, 0.25) is 0 Å². The minimum Gasteiger partial charge on any atom is -0.365 e. The Morgan fingerprint density at radius 2 is 1.91 bits per heavy atom. The van der Waals surface area contributed by atoms with Crippen molar-refractivity contribution in [3.63, 3.8) is 0 Å². The minimum atomic E-state index is -1.03. The third kappa shape index (κ3) is 3.93. The van der Waals surface area contributed by atoms with Gasteiger partial charge in [0, 0.05) is 41.6 Å². The summed E-state index contributed by atoms with van der Waals surface area (Å²) in [5, 5.41) is 20.1. The number of nitro benzene ring substituents is 1. The molecule has 0 N–H and O–H groups in total. The van der Waals surface area contributed by atoms with Crippen molar-refractivity contribution in [1.82, 2.24) is 0 Å². The summed E-state index contributed by atoms with van der Waals surface area (Å²) in [6.07, 6.45) is 1.61. The van der Waals surface area contributed by atoms with E-state index in [1.165, 1.54) is 6.07 Å². The second-order valence-electron chi connectivity index (χ2n) is 5.03. The van der Waals surface area contributed by atoms with E-state index in [0.717, 1.165) is 10.5 Å². The van der Waals surface area contributed by atoms with Crippen molar-refractivity contribution in [3.8, 4) is 6.07 Å². The van der Waals surface area contributed by atoms with Gasteiger partial charge < -0.3 is 4.90 Å². The third-order valence-electron chi connectivity index (χ3n) is 3.39. The van der Waals surface area contributed by atoms with E-state index in [0.29, 0.717) is 12.2 Å². The highest BCUT2D eigenvalue weighted by Crippen LogP contribution is 2.29. The molecule has 0 amide bonds. The lowest BCUT2D eigenvalue weighted by molar-refractivity contribution is -0.384. The average molecular weight is 329 g/mol. The van der Waals surface area contributed by atoms with E-state index >= 15 is 0 Å². The van der Waals surface area contributed by atoms with Gasteiger partial charge >= 0.3 is 0 Å². The zero-order valence-electron chi connectivity index (χ0n) is 12.7. The Kier molecular flexibility index (Phi) is 5.09. The normalized spacial score (nSPS) is 11.5. The Morgan fingerprint density at radius 1 is 1.26 bits per heavy atom. The summed E-state index contributed by atoms with van der Waals surface area (Å²) >= 11 is 0. The zero-order valence-corrected chi connectivity index (χ0v) is 13.5. The molecular formula is C16H15N3O3S. The van der Waals surface area contributed by atoms with E-state index in [2.05, 4.69) is 0 Å². The fraction of sp³-hybridized carbons (Fsp3) is 0.188. The molecule has 0 heterocycles. The lowest BCUT2D eigenvalue weighted by atomic mass is 10.1. The Balaban J connectivity index is 2.27. The Labute approximate surface area is 136 Å². The summed E-state index contributed by atoms with van der Waals surface area (Å²) < 4.78 is 11.4. The molecule has 0 saturated heterocycles. The number of hydrogen-bond acceptors (Lipinski definition) is 5. The summed E-state index contributed by atoms with van der Waals surface area (Å²) in [6.45, 7) is 0.462. The molecule has 0 spiro atoms. The molecule has 0 bridgehead atoms. The second kappa shape index (κ2) is 7.03. The van der Waals surface area contributed by atoms with Crippen LogP contribution in [0.5, 0.6) is 0 Å². The van der Waals surface area contributed by atoms with Crippen molar-refractivity contribution in [1.29, 1.82) is 5.26 Å². The van der Waals surface area contributed by atoms with Crippen LogP contribution in [0.25, 0.3) is 0 Å². The first kappa shape index (κ1) is 16.6. The van der Waals surface area contributed by atoms with Crippen LogP contribution in [0, 0.1) is 21.4 Å². The molecule has 118 valence electrons. The molecule has 2 aromatic rings. The van der Waals surface area contributed by atoms with E-state index in [4.69, 9.17) is 5.26 Å². The SMILES string of the molecule is CN(Cc1ccc([S@](C)=O)cc1)c1ccc(C#N)cc1[N+](=O)[O-]. The maximum atomic E-state index is 11.4. The average Bonchev–Trinajstić information content (AvgIpc) is 2.54. The number of nitro groups is 1. The molecule has 0 saturated carbocycles. The lowest BCUT2D eigenvalue weighted by Gasteiger charge is -2.19. The molecule has 0 aliphatic rings. The lowest BCUT2D eigenvalue weighted by Crippen LogP contribution is -2.17. The van der Waals surface area contributed by atoms with Crippen molar-refractivity contribution in [3.05, 3.63) is 63.7 Å². The van der Waals surface area contributed by atoms with Gasteiger partial charge in [0.05, 0.1) is 16.6 Å². The van der Waals surface area contributed by atoms with Crippen molar-refractivity contribution in [2.45, 2.75) is 11.4 Å².